The minimum Gasteiger partial charge on any atom is -0.312 e. The molecule has 1 rings (SSSR count). The fourth-order valence-electron chi connectivity index (χ4n) is 1.44. The molecule has 0 saturated heterocycles. The fraction of sp³-hybridized carbons (Fsp3) is 0.545. The van der Waals surface area contributed by atoms with Crippen molar-refractivity contribution < 1.29 is 0 Å². The minimum atomic E-state index is 0.728. The number of rotatable bonds is 5. The van der Waals surface area contributed by atoms with Crippen molar-refractivity contribution in [2.45, 2.75) is 26.8 Å². The van der Waals surface area contributed by atoms with E-state index in [2.05, 4.69) is 22.6 Å². The Kier molecular flexibility index (Phi) is 4.85. The number of hydrogen-bond donors (Lipinski definition) is 1. The molecule has 0 spiro atoms. The molecule has 0 bridgehead atoms. The highest BCUT2D eigenvalue weighted by molar-refractivity contribution is 6.30. The standard InChI is InChI=1S/C11H18ClN3/c1-4-5-6-7-13-8-10-9(2)14-15(3)11(10)12/h4-5,13H,6-8H2,1-3H3/b5-4+. The van der Waals surface area contributed by atoms with Gasteiger partial charge in [0.2, 0.25) is 0 Å². The number of aromatic nitrogens is 2. The second-order valence-corrected chi connectivity index (χ2v) is 3.87. The summed E-state index contributed by atoms with van der Waals surface area (Å²) in [6.07, 6.45) is 5.25. The smallest absolute Gasteiger partial charge is 0.131 e. The van der Waals surface area contributed by atoms with Gasteiger partial charge in [-0.1, -0.05) is 23.8 Å². The molecule has 0 radical (unpaired) electrons. The second-order valence-electron chi connectivity index (χ2n) is 3.51. The molecule has 0 unspecified atom stereocenters. The molecule has 0 aliphatic carbocycles. The lowest BCUT2D eigenvalue weighted by Gasteiger charge is -2.02. The van der Waals surface area contributed by atoms with Gasteiger partial charge < -0.3 is 5.32 Å². The van der Waals surface area contributed by atoms with Crippen molar-refractivity contribution in [1.82, 2.24) is 15.1 Å². The molecule has 1 heterocycles. The summed E-state index contributed by atoms with van der Waals surface area (Å²) in [6, 6.07) is 0. The predicted octanol–water partition coefficient (Wildman–Crippen LogP) is 2.44. The van der Waals surface area contributed by atoms with E-state index < -0.39 is 0 Å². The summed E-state index contributed by atoms with van der Waals surface area (Å²) < 4.78 is 1.71. The van der Waals surface area contributed by atoms with Gasteiger partial charge in [-0.25, -0.2) is 0 Å². The van der Waals surface area contributed by atoms with Crippen molar-refractivity contribution in [3.8, 4) is 0 Å². The SMILES string of the molecule is C/C=C/CCNCc1c(C)nn(C)c1Cl. The molecule has 0 atom stereocenters. The van der Waals surface area contributed by atoms with Crippen molar-refractivity contribution in [3.63, 3.8) is 0 Å². The van der Waals surface area contributed by atoms with Crippen LogP contribution in [0.25, 0.3) is 0 Å². The normalized spacial score (nSPS) is 11.5. The van der Waals surface area contributed by atoms with E-state index >= 15 is 0 Å². The van der Waals surface area contributed by atoms with E-state index in [0.717, 1.165) is 35.9 Å². The zero-order chi connectivity index (χ0) is 11.3. The first-order valence-electron chi connectivity index (χ1n) is 5.16. The lowest BCUT2D eigenvalue weighted by Crippen LogP contribution is -2.14. The van der Waals surface area contributed by atoms with Gasteiger partial charge in [0.05, 0.1) is 5.69 Å². The summed E-state index contributed by atoms with van der Waals surface area (Å²) in [5, 5.41) is 8.33. The maximum Gasteiger partial charge on any atom is 0.131 e. The molecule has 0 aliphatic heterocycles. The first-order valence-corrected chi connectivity index (χ1v) is 5.54. The van der Waals surface area contributed by atoms with Gasteiger partial charge in [-0.05, 0) is 26.8 Å². The first kappa shape index (κ1) is 12.3. The minimum absolute atomic E-state index is 0.728. The second kappa shape index (κ2) is 5.93. The number of nitrogens with zero attached hydrogens (tertiary/aromatic N) is 2. The van der Waals surface area contributed by atoms with Gasteiger partial charge in [0.1, 0.15) is 5.15 Å². The Balaban J connectivity index is 2.43. The zero-order valence-corrected chi connectivity index (χ0v) is 10.3. The summed E-state index contributed by atoms with van der Waals surface area (Å²) in [5.74, 6) is 0. The van der Waals surface area contributed by atoms with Crippen LogP contribution < -0.4 is 5.32 Å². The first-order chi connectivity index (χ1) is 7.16. The van der Waals surface area contributed by atoms with E-state index in [1.54, 1.807) is 4.68 Å². The third kappa shape index (κ3) is 3.36. The average molecular weight is 228 g/mol. The summed E-state index contributed by atoms with van der Waals surface area (Å²) >= 11 is 6.10. The lowest BCUT2D eigenvalue weighted by molar-refractivity contribution is 0.692. The van der Waals surface area contributed by atoms with Crippen LogP contribution in [-0.2, 0) is 13.6 Å². The van der Waals surface area contributed by atoms with Gasteiger partial charge in [0.15, 0.2) is 0 Å². The van der Waals surface area contributed by atoms with Gasteiger partial charge in [-0.15, -0.1) is 0 Å². The average Bonchev–Trinajstić information content (AvgIpc) is 2.44. The van der Waals surface area contributed by atoms with Crippen molar-refractivity contribution in [1.29, 1.82) is 0 Å². The monoisotopic (exact) mass is 227 g/mol. The van der Waals surface area contributed by atoms with E-state index in [0.29, 0.717) is 0 Å². The van der Waals surface area contributed by atoms with Crippen LogP contribution >= 0.6 is 11.6 Å². The molecular weight excluding hydrogens is 210 g/mol. The molecule has 3 nitrogen and oxygen atoms in total. The highest BCUT2D eigenvalue weighted by Gasteiger charge is 2.09. The summed E-state index contributed by atoms with van der Waals surface area (Å²) in [5.41, 5.74) is 2.10. The largest absolute Gasteiger partial charge is 0.312 e. The molecule has 0 amide bonds. The Bertz CT molecular complexity index is 342. The van der Waals surface area contributed by atoms with E-state index in [9.17, 15) is 0 Å². The van der Waals surface area contributed by atoms with E-state index in [1.807, 2.05) is 20.9 Å². The van der Waals surface area contributed by atoms with Crippen LogP contribution in [0.1, 0.15) is 24.6 Å². The summed E-state index contributed by atoms with van der Waals surface area (Å²) in [4.78, 5) is 0. The van der Waals surface area contributed by atoms with Crippen molar-refractivity contribution in [3.05, 3.63) is 28.6 Å². The van der Waals surface area contributed by atoms with Crippen molar-refractivity contribution in [2.75, 3.05) is 6.54 Å². The number of hydrogen-bond acceptors (Lipinski definition) is 2. The maximum atomic E-state index is 6.10. The zero-order valence-electron chi connectivity index (χ0n) is 9.55. The third-order valence-corrected chi connectivity index (χ3v) is 2.77. The van der Waals surface area contributed by atoms with Crippen molar-refractivity contribution >= 4 is 11.6 Å². The fourth-order valence-corrected chi connectivity index (χ4v) is 1.68. The molecule has 4 heteroatoms. The molecule has 1 N–H and O–H groups in total. The van der Waals surface area contributed by atoms with Gasteiger partial charge in [0.25, 0.3) is 0 Å². The Morgan fingerprint density at radius 2 is 2.27 bits per heavy atom. The Morgan fingerprint density at radius 1 is 1.53 bits per heavy atom. The number of nitrogens with one attached hydrogen (secondary N) is 1. The van der Waals surface area contributed by atoms with Crippen LogP contribution in [0.5, 0.6) is 0 Å². The van der Waals surface area contributed by atoms with Crippen LogP contribution in [0.4, 0.5) is 0 Å². The van der Waals surface area contributed by atoms with Gasteiger partial charge in [0, 0.05) is 19.2 Å². The molecule has 0 saturated carbocycles. The van der Waals surface area contributed by atoms with Crippen LogP contribution in [-0.4, -0.2) is 16.3 Å². The van der Waals surface area contributed by atoms with E-state index in [-0.39, 0.29) is 0 Å². The molecule has 1 aromatic heterocycles. The topological polar surface area (TPSA) is 29.9 Å². The van der Waals surface area contributed by atoms with Crippen molar-refractivity contribution in [2.24, 2.45) is 7.05 Å². The molecule has 84 valence electrons. The molecule has 0 aromatic carbocycles. The predicted molar refractivity (Wildman–Crippen MR) is 64.1 cm³/mol. The Hall–Kier alpha value is -0.800. The molecule has 0 fully saturated rings. The maximum absolute atomic E-state index is 6.10. The number of aryl methyl sites for hydroxylation is 2. The summed E-state index contributed by atoms with van der Waals surface area (Å²) in [7, 11) is 1.86. The lowest BCUT2D eigenvalue weighted by atomic mass is 10.2. The molecular formula is C11H18ClN3. The molecule has 1 aromatic rings. The molecule has 0 aliphatic rings. The van der Waals surface area contributed by atoms with Crippen LogP contribution in [0.2, 0.25) is 5.15 Å². The number of halogens is 1. The van der Waals surface area contributed by atoms with Crippen LogP contribution in [0, 0.1) is 6.92 Å². The Labute approximate surface area is 96.1 Å². The highest BCUT2D eigenvalue weighted by Crippen LogP contribution is 2.17. The quantitative estimate of drug-likeness (QED) is 0.619. The van der Waals surface area contributed by atoms with Gasteiger partial charge in [-0.3, -0.25) is 4.68 Å². The van der Waals surface area contributed by atoms with Gasteiger partial charge in [-0.2, -0.15) is 5.10 Å². The van der Waals surface area contributed by atoms with Gasteiger partial charge >= 0.3 is 0 Å². The van der Waals surface area contributed by atoms with E-state index in [4.69, 9.17) is 11.6 Å². The highest BCUT2D eigenvalue weighted by atomic mass is 35.5. The summed E-state index contributed by atoms with van der Waals surface area (Å²) in [6.45, 7) is 5.77. The van der Waals surface area contributed by atoms with Crippen LogP contribution in [0.15, 0.2) is 12.2 Å². The Morgan fingerprint density at radius 3 is 2.80 bits per heavy atom. The number of allylic oxidation sites excluding steroid dienone is 1. The van der Waals surface area contributed by atoms with Crippen LogP contribution in [0.3, 0.4) is 0 Å². The third-order valence-electron chi connectivity index (χ3n) is 2.30. The molecule has 15 heavy (non-hydrogen) atoms. The van der Waals surface area contributed by atoms with E-state index in [1.165, 1.54) is 0 Å².